The quantitative estimate of drug-likeness (QED) is 0.545. The number of aryl methyl sites for hydroxylation is 3. The standard InChI is InChI=1S/C20H25NO5S2/c1-11-9-12(2)15(5)19(14(11)4)28(24,25)21-16(6)20(23)26-10-17(22)18-8-7-13(3)27-18/h7-9,16,21H,10H2,1-6H3/t16-/m0/s1. The summed E-state index contributed by atoms with van der Waals surface area (Å²) in [5, 5.41) is 0. The highest BCUT2D eigenvalue weighted by Gasteiger charge is 2.27. The molecule has 1 heterocycles. The zero-order chi connectivity index (χ0) is 21.2. The average molecular weight is 424 g/mol. The van der Waals surface area contributed by atoms with Crippen molar-refractivity contribution in [2.75, 3.05) is 6.61 Å². The minimum atomic E-state index is -3.93. The van der Waals surface area contributed by atoms with E-state index in [-0.39, 0.29) is 10.7 Å². The second-order valence-corrected chi connectivity index (χ2v) is 9.81. The summed E-state index contributed by atoms with van der Waals surface area (Å²) in [4.78, 5) is 25.9. The van der Waals surface area contributed by atoms with Crippen molar-refractivity contribution < 1.29 is 22.7 Å². The van der Waals surface area contributed by atoms with Crippen molar-refractivity contribution in [1.82, 2.24) is 4.72 Å². The van der Waals surface area contributed by atoms with E-state index in [2.05, 4.69) is 4.72 Å². The summed E-state index contributed by atoms with van der Waals surface area (Å²) in [6.45, 7) is 10.0. The minimum absolute atomic E-state index is 0.176. The van der Waals surface area contributed by atoms with Crippen LogP contribution in [0.5, 0.6) is 0 Å². The molecule has 0 bridgehead atoms. The van der Waals surface area contributed by atoms with E-state index in [1.54, 1.807) is 19.9 Å². The number of carbonyl (C=O) groups excluding carboxylic acids is 2. The highest BCUT2D eigenvalue weighted by Crippen LogP contribution is 2.26. The molecule has 28 heavy (non-hydrogen) atoms. The SMILES string of the molecule is Cc1ccc(C(=O)COC(=O)[C@H](C)NS(=O)(=O)c2c(C)c(C)cc(C)c2C)s1. The number of hydrogen-bond donors (Lipinski definition) is 1. The van der Waals surface area contributed by atoms with Gasteiger partial charge in [0.05, 0.1) is 9.77 Å². The number of esters is 1. The first-order valence-electron chi connectivity index (χ1n) is 8.80. The number of carbonyl (C=O) groups is 2. The maximum Gasteiger partial charge on any atom is 0.324 e. The lowest BCUT2D eigenvalue weighted by Crippen LogP contribution is -2.40. The van der Waals surface area contributed by atoms with Gasteiger partial charge in [0.1, 0.15) is 6.04 Å². The van der Waals surface area contributed by atoms with Crippen LogP contribution in [0.15, 0.2) is 23.1 Å². The van der Waals surface area contributed by atoms with Crippen LogP contribution in [0.1, 0.15) is 43.7 Å². The fraction of sp³-hybridized carbons (Fsp3) is 0.400. The van der Waals surface area contributed by atoms with Crippen LogP contribution in [0, 0.1) is 34.6 Å². The molecule has 1 aromatic heterocycles. The first kappa shape index (κ1) is 22.3. The van der Waals surface area contributed by atoms with Gasteiger partial charge in [0.15, 0.2) is 6.61 Å². The van der Waals surface area contributed by atoms with Gasteiger partial charge in [0.25, 0.3) is 0 Å². The molecule has 6 nitrogen and oxygen atoms in total. The molecule has 2 rings (SSSR count). The van der Waals surface area contributed by atoms with Gasteiger partial charge in [-0.05, 0) is 75.9 Å². The number of rotatable bonds is 7. The number of ether oxygens (including phenoxy) is 1. The second kappa shape index (κ2) is 8.55. The van der Waals surface area contributed by atoms with Crippen LogP contribution in [0.3, 0.4) is 0 Å². The molecule has 8 heteroatoms. The Hall–Kier alpha value is -2.03. The molecule has 1 aromatic carbocycles. The summed E-state index contributed by atoms with van der Waals surface area (Å²) < 4.78 is 33.1. The molecule has 0 amide bonds. The topological polar surface area (TPSA) is 89.5 Å². The Bertz CT molecular complexity index is 995. The molecule has 0 aliphatic rings. The van der Waals surface area contributed by atoms with Crippen molar-refractivity contribution in [3.63, 3.8) is 0 Å². The molecule has 0 aliphatic heterocycles. The lowest BCUT2D eigenvalue weighted by atomic mass is 10.0. The molecule has 0 saturated carbocycles. The number of thiophene rings is 1. The molecule has 0 radical (unpaired) electrons. The van der Waals surface area contributed by atoms with Crippen molar-refractivity contribution in [3.05, 3.63) is 50.2 Å². The van der Waals surface area contributed by atoms with Crippen LogP contribution in [0.25, 0.3) is 0 Å². The Kier molecular flexibility index (Phi) is 6.80. The second-order valence-electron chi connectivity index (χ2n) is 6.87. The van der Waals surface area contributed by atoms with Crippen LogP contribution in [-0.2, 0) is 19.6 Å². The van der Waals surface area contributed by atoms with Crippen molar-refractivity contribution in [3.8, 4) is 0 Å². The van der Waals surface area contributed by atoms with Gasteiger partial charge in [-0.2, -0.15) is 4.72 Å². The molecular formula is C20H25NO5S2. The predicted octanol–water partition coefficient (Wildman–Crippen LogP) is 3.38. The fourth-order valence-corrected chi connectivity index (χ4v) is 5.44. The predicted molar refractivity (Wildman–Crippen MR) is 110 cm³/mol. The van der Waals surface area contributed by atoms with E-state index in [1.807, 2.05) is 32.9 Å². The zero-order valence-electron chi connectivity index (χ0n) is 16.9. The third kappa shape index (κ3) is 4.87. The highest BCUT2D eigenvalue weighted by molar-refractivity contribution is 7.89. The van der Waals surface area contributed by atoms with Crippen LogP contribution in [0.2, 0.25) is 0 Å². The Morgan fingerprint density at radius 1 is 1.07 bits per heavy atom. The van der Waals surface area contributed by atoms with Crippen molar-refractivity contribution in [2.45, 2.75) is 52.5 Å². The number of hydrogen-bond acceptors (Lipinski definition) is 6. The molecule has 0 unspecified atom stereocenters. The van der Waals surface area contributed by atoms with Crippen LogP contribution in [-0.4, -0.2) is 32.8 Å². The normalized spacial score (nSPS) is 12.6. The van der Waals surface area contributed by atoms with Gasteiger partial charge in [-0.15, -0.1) is 11.3 Å². The van der Waals surface area contributed by atoms with Gasteiger partial charge in [-0.3, -0.25) is 9.59 Å². The number of ketones is 1. The summed E-state index contributed by atoms with van der Waals surface area (Å²) in [5.41, 5.74) is 2.99. The lowest BCUT2D eigenvalue weighted by molar-refractivity contribution is -0.144. The summed E-state index contributed by atoms with van der Waals surface area (Å²) in [7, 11) is -3.93. The third-order valence-electron chi connectivity index (χ3n) is 4.61. The van der Waals surface area contributed by atoms with Crippen molar-refractivity contribution in [2.24, 2.45) is 0 Å². The van der Waals surface area contributed by atoms with E-state index in [0.29, 0.717) is 16.0 Å². The zero-order valence-corrected chi connectivity index (χ0v) is 18.5. The molecule has 0 fully saturated rings. The summed E-state index contributed by atoms with van der Waals surface area (Å²) in [5.74, 6) is -1.12. The number of Topliss-reactive ketones (excluding diaryl/α,β-unsaturated/α-hetero) is 1. The Balaban J connectivity index is 2.10. The van der Waals surface area contributed by atoms with E-state index in [1.165, 1.54) is 18.3 Å². The van der Waals surface area contributed by atoms with Gasteiger partial charge < -0.3 is 4.74 Å². The largest absolute Gasteiger partial charge is 0.456 e. The molecule has 2 aromatic rings. The van der Waals surface area contributed by atoms with Crippen LogP contribution >= 0.6 is 11.3 Å². The highest BCUT2D eigenvalue weighted by atomic mass is 32.2. The Morgan fingerprint density at radius 3 is 2.14 bits per heavy atom. The Morgan fingerprint density at radius 2 is 1.64 bits per heavy atom. The molecule has 0 aliphatic carbocycles. The summed E-state index contributed by atoms with van der Waals surface area (Å²) in [6.07, 6.45) is 0. The van der Waals surface area contributed by atoms with Gasteiger partial charge in [-0.25, -0.2) is 8.42 Å². The van der Waals surface area contributed by atoms with Gasteiger partial charge >= 0.3 is 5.97 Å². The third-order valence-corrected chi connectivity index (χ3v) is 7.47. The fourth-order valence-electron chi connectivity index (χ4n) is 2.84. The van der Waals surface area contributed by atoms with E-state index < -0.39 is 28.6 Å². The van der Waals surface area contributed by atoms with Crippen LogP contribution in [0.4, 0.5) is 0 Å². The van der Waals surface area contributed by atoms with Gasteiger partial charge in [0.2, 0.25) is 15.8 Å². The summed E-state index contributed by atoms with van der Waals surface area (Å²) in [6, 6.07) is 4.29. The minimum Gasteiger partial charge on any atom is -0.456 e. The molecule has 0 saturated heterocycles. The first-order chi connectivity index (χ1) is 12.9. The molecule has 152 valence electrons. The van der Waals surface area contributed by atoms with Gasteiger partial charge in [0, 0.05) is 4.88 Å². The molecule has 1 atom stereocenters. The van der Waals surface area contributed by atoms with Crippen LogP contribution < -0.4 is 4.72 Å². The number of nitrogens with one attached hydrogen (secondary N) is 1. The molecule has 0 spiro atoms. The monoisotopic (exact) mass is 423 g/mol. The summed E-state index contributed by atoms with van der Waals surface area (Å²) >= 11 is 1.32. The maximum atomic E-state index is 12.9. The van der Waals surface area contributed by atoms with Crippen molar-refractivity contribution in [1.29, 1.82) is 0 Å². The van der Waals surface area contributed by atoms with E-state index in [4.69, 9.17) is 4.74 Å². The molecular weight excluding hydrogens is 398 g/mol. The first-order valence-corrected chi connectivity index (χ1v) is 11.1. The molecule has 1 N–H and O–H groups in total. The van der Waals surface area contributed by atoms with E-state index in [9.17, 15) is 18.0 Å². The number of sulfonamides is 1. The van der Waals surface area contributed by atoms with Gasteiger partial charge in [-0.1, -0.05) is 6.07 Å². The van der Waals surface area contributed by atoms with E-state index in [0.717, 1.165) is 16.0 Å². The number of benzene rings is 1. The maximum absolute atomic E-state index is 12.9. The van der Waals surface area contributed by atoms with Crippen molar-refractivity contribution >= 4 is 33.1 Å². The Labute approximate surface area is 170 Å². The van der Waals surface area contributed by atoms with E-state index >= 15 is 0 Å². The lowest BCUT2D eigenvalue weighted by Gasteiger charge is -2.18. The average Bonchev–Trinajstić information content (AvgIpc) is 3.03. The smallest absolute Gasteiger partial charge is 0.324 e.